The molecule has 0 aliphatic heterocycles. The molecule has 1 aliphatic carbocycles. The molecule has 7 rings (SSSR count). The summed E-state index contributed by atoms with van der Waals surface area (Å²) in [5.41, 5.74) is 10.7. The van der Waals surface area contributed by atoms with Crippen LogP contribution in [0.15, 0.2) is 78.5 Å². The van der Waals surface area contributed by atoms with Gasteiger partial charge in [0.1, 0.15) is 5.82 Å². The molecule has 0 fully saturated rings. The van der Waals surface area contributed by atoms with Gasteiger partial charge >= 0.3 is 21.1 Å². The van der Waals surface area contributed by atoms with Gasteiger partial charge in [0, 0.05) is 40.4 Å². The van der Waals surface area contributed by atoms with Gasteiger partial charge < -0.3 is 9.30 Å². The number of fused-ring (bicyclic) bond motifs is 3. The van der Waals surface area contributed by atoms with E-state index in [9.17, 15) is 0 Å². The van der Waals surface area contributed by atoms with Gasteiger partial charge in [-0.3, -0.25) is 4.68 Å². The fourth-order valence-corrected chi connectivity index (χ4v) is 8.97. The van der Waals surface area contributed by atoms with Gasteiger partial charge in [0.25, 0.3) is 0 Å². The van der Waals surface area contributed by atoms with Crippen LogP contribution in [0.25, 0.3) is 33.3 Å². The molecule has 0 spiro atoms. The van der Waals surface area contributed by atoms with E-state index in [1.165, 1.54) is 34.2 Å². The van der Waals surface area contributed by atoms with Gasteiger partial charge in [0.05, 0.1) is 5.69 Å². The van der Waals surface area contributed by atoms with E-state index in [0.717, 1.165) is 52.9 Å². The van der Waals surface area contributed by atoms with Crippen molar-refractivity contribution in [3.05, 3.63) is 119 Å². The van der Waals surface area contributed by atoms with Crippen molar-refractivity contribution >= 4 is 21.8 Å². The molecule has 0 amide bonds. The second-order valence-corrected chi connectivity index (χ2v) is 17.3. The Morgan fingerprint density at radius 3 is 2.30 bits per heavy atom. The summed E-state index contributed by atoms with van der Waals surface area (Å²) in [6.07, 6.45) is 9.12. The van der Waals surface area contributed by atoms with Crippen LogP contribution in [0.3, 0.4) is 0 Å². The maximum absolute atomic E-state index is 6.73. The molecule has 3 atom stereocenters. The van der Waals surface area contributed by atoms with Gasteiger partial charge in [0.15, 0.2) is 0 Å². The Labute approximate surface area is 350 Å². The van der Waals surface area contributed by atoms with Crippen LogP contribution in [0.5, 0.6) is 11.5 Å². The maximum Gasteiger partial charge on any atom is 2.00 e. The number of rotatable bonds is 12. The largest absolute Gasteiger partial charge is 2.00 e. The number of hydrogen-bond donors (Lipinski definition) is 0. The summed E-state index contributed by atoms with van der Waals surface area (Å²) >= 11 is 0. The normalized spacial score (nSPS) is 17.4. The number of nitrogens with zero attached hydrogens (tertiary/aromatic N) is 4. The molecule has 56 heavy (non-hydrogen) atoms. The Morgan fingerprint density at radius 2 is 1.61 bits per heavy atom. The van der Waals surface area contributed by atoms with E-state index in [4.69, 9.17) is 14.8 Å². The summed E-state index contributed by atoms with van der Waals surface area (Å²) < 4.78 is 11.1. The fraction of sp³-hybridized carbons (Fsp3) is 0.440. The fourth-order valence-electron chi connectivity index (χ4n) is 8.97. The number of benzene rings is 3. The molecule has 0 radical (unpaired) electrons. The second-order valence-electron chi connectivity index (χ2n) is 17.3. The third-order valence-corrected chi connectivity index (χ3v) is 12.2. The Morgan fingerprint density at radius 1 is 0.839 bits per heavy atom. The third kappa shape index (κ3) is 8.08. The molecule has 3 heterocycles. The molecule has 0 saturated heterocycles. The van der Waals surface area contributed by atoms with E-state index >= 15 is 0 Å². The Balaban J connectivity index is 0.00000532. The van der Waals surface area contributed by atoms with Gasteiger partial charge in [-0.1, -0.05) is 104 Å². The molecule has 0 N–H and O–H groups in total. The molecular formula is C50H60N4OPt. The minimum Gasteiger partial charge on any atom is -0.509 e. The first kappa shape index (κ1) is 41.7. The zero-order valence-corrected chi connectivity index (χ0v) is 37.6. The number of aromatic nitrogens is 4. The van der Waals surface area contributed by atoms with Crippen molar-refractivity contribution < 1.29 is 25.8 Å². The van der Waals surface area contributed by atoms with Crippen LogP contribution in [-0.4, -0.2) is 19.3 Å². The van der Waals surface area contributed by atoms with Crippen LogP contribution in [0.2, 0.25) is 0 Å². The Bertz CT molecular complexity index is 2340. The monoisotopic (exact) mass is 927 g/mol. The van der Waals surface area contributed by atoms with E-state index in [0.29, 0.717) is 52.9 Å². The number of ether oxygens (including phenoxy) is 1. The predicted molar refractivity (Wildman–Crippen MR) is 229 cm³/mol. The summed E-state index contributed by atoms with van der Waals surface area (Å²) in [5, 5.41) is 7.56. The average Bonchev–Trinajstić information content (AvgIpc) is 3.65. The first-order valence-electron chi connectivity index (χ1n) is 20.8. The van der Waals surface area contributed by atoms with Crippen LogP contribution < -0.4 is 4.74 Å². The number of allylic oxidation sites excluding steroid dienone is 2. The molecular weight excluding hydrogens is 868 g/mol. The Hall–Kier alpha value is -3.95. The molecule has 5 nitrogen and oxygen atoms in total. The quantitative estimate of drug-likeness (QED) is 0.0907. The van der Waals surface area contributed by atoms with E-state index in [-0.39, 0.29) is 21.1 Å². The summed E-state index contributed by atoms with van der Waals surface area (Å²) in [7, 11) is 0. The maximum atomic E-state index is 6.73. The standard InChI is InChI=1S/C50H60N4O.Pt/c1-12-13-16-36-21-22-51-48(23-36)53-46-18-15-14-17-42(46)43-20-19-40(29-47(43)53)55-41-25-37(30(2)3)24-39(28-41)54-35(11)49(34(10)52-54)50-44(32(6)7)26-38(31(4)5)27-45(50)33(8)9;/h14-15,17-26,30-33,38,45,50H,12-13,16,27H2,1-11H3;/q-2;+2/t38-,45+,50?;/m0./s1. The topological polar surface area (TPSA) is 44.9 Å². The molecule has 296 valence electrons. The van der Waals surface area contributed by atoms with Crippen LogP contribution in [0.1, 0.15) is 121 Å². The van der Waals surface area contributed by atoms with E-state index in [1.807, 2.05) is 12.3 Å². The predicted octanol–water partition coefficient (Wildman–Crippen LogP) is 13.5. The van der Waals surface area contributed by atoms with Crippen LogP contribution in [0.4, 0.5) is 0 Å². The van der Waals surface area contributed by atoms with Crippen molar-refractivity contribution in [3.63, 3.8) is 0 Å². The molecule has 6 aromatic rings. The average molecular weight is 928 g/mol. The smallest absolute Gasteiger partial charge is 0.509 e. The van der Waals surface area contributed by atoms with Gasteiger partial charge in [-0.15, -0.1) is 41.3 Å². The number of pyridine rings is 1. The first-order valence-corrected chi connectivity index (χ1v) is 20.8. The van der Waals surface area contributed by atoms with Gasteiger partial charge in [-0.25, -0.2) is 4.98 Å². The van der Waals surface area contributed by atoms with Crippen molar-refractivity contribution in [2.24, 2.45) is 29.6 Å². The minimum absolute atomic E-state index is 0. The van der Waals surface area contributed by atoms with Crippen LogP contribution in [0, 0.1) is 55.6 Å². The molecule has 1 unspecified atom stereocenters. The first-order chi connectivity index (χ1) is 26.4. The third-order valence-electron chi connectivity index (χ3n) is 12.2. The molecule has 3 aromatic carbocycles. The Kier molecular flexibility index (Phi) is 12.9. The summed E-state index contributed by atoms with van der Waals surface area (Å²) in [5.74, 6) is 5.68. The zero-order chi connectivity index (χ0) is 39.1. The van der Waals surface area contributed by atoms with Crippen molar-refractivity contribution in [3.8, 4) is 23.0 Å². The summed E-state index contributed by atoms with van der Waals surface area (Å²) in [6.45, 7) is 25.5. The van der Waals surface area contributed by atoms with E-state index in [2.05, 4.69) is 158 Å². The number of para-hydroxylation sites is 1. The van der Waals surface area contributed by atoms with Crippen molar-refractivity contribution in [1.82, 2.24) is 19.3 Å². The SMILES string of the molecule is CCCCc1ccnc(-n2c3[c-]c(Oc4[c-]c(-n5nc(C)c(C6C(C(C)C)=C[C@H](C(C)C)C[C@@H]6C(C)C)c5C)cc(C(C)C)c4)ccc3c3ccccc32)c1.[Pt+2]. The van der Waals surface area contributed by atoms with Gasteiger partial charge in [0.2, 0.25) is 0 Å². The van der Waals surface area contributed by atoms with Gasteiger partial charge in [-0.2, -0.15) is 11.2 Å². The molecule has 0 bridgehead atoms. The zero-order valence-electron chi connectivity index (χ0n) is 35.3. The van der Waals surface area contributed by atoms with Crippen molar-refractivity contribution in [2.75, 3.05) is 0 Å². The number of unbranched alkanes of at least 4 members (excludes halogenated alkanes) is 1. The van der Waals surface area contributed by atoms with Gasteiger partial charge in [-0.05, 0) is 103 Å². The summed E-state index contributed by atoms with van der Waals surface area (Å²) in [6, 6.07) is 28.7. The number of hydrogen-bond acceptors (Lipinski definition) is 3. The molecule has 3 aromatic heterocycles. The van der Waals surface area contributed by atoms with Crippen LogP contribution in [-0.2, 0) is 27.5 Å². The molecule has 0 saturated carbocycles. The number of aryl methyl sites for hydroxylation is 2. The molecule has 6 heteroatoms. The summed E-state index contributed by atoms with van der Waals surface area (Å²) in [4.78, 5) is 4.85. The van der Waals surface area contributed by atoms with Crippen molar-refractivity contribution in [1.29, 1.82) is 0 Å². The molecule has 1 aliphatic rings. The second kappa shape index (κ2) is 17.3. The van der Waals surface area contributed by atoms with Crippen molar-refractivity contribution in [2.45, 2.75) is 114 Å². The van der Waals surface area contributed by atoms with Crippen LogP contribution >= 0.6 is 0 Å². The van der Waals surface area contributed by atoms with E-state index in [1.54, 1.807) is 5.57 Å². The minimum atomic E-state index is 0. The van der Waals surface area contributed by atoms with E-state index < -0.39 is 0 Å².